The summed E-state index contributed by atoms with van der Waals surface area (Å²) >= 11 is 4.29. The van der Waals surface area contributed by atoms with Crippen molar-refractivity contribution in [1.82, 2.24) is 0 Å². The lowest BCUT2D eigenvalue weighted by Crippen LogP contribution is -2.49. The van der Waals surface area contributed by atoms with Gasteiger partial charge in [-0.15, -0.1) is 0 Å². The van der Waals surface area contributed by atoms with Gasteiger partial charge in [0.1, 0.15) is 0 Å². The molecular formula is C10H26O2SSi2. The van der Waals surface area contributed by atoms with E-state index in [-0.39, 0.29) is 0 Å². The highest BCUT2D eigenvalue weighted by Gasteiger charge is 2.36. The minimum absolute atomic E-state index is 0.362. The fourth-order valence-electron chi connectivity index (χ4n) is 1.22. The van der Waals surface area contributed by atoms with Crippen LogP contribution in [0.4, 0.5) is 0 Å². The third-order valence-corrected chi connectivity index (χ3v) is 9.01. The van der Waals surface area contributed by atoms with Crippen LogP contribution in [0.2, 0.25) is 32.2 Å². The van der Waals surface area contributed by atoms with Gasteiger partial charge in [0.25, 0.3) is 0 Å². The summed E-state index contributed by atoms with van der Waals surface area (Å²) in [5.74, 6) is 0.848. The van der Waals surface area contributed by atoms with Crippen LogP contribution < -0.4 is 0 Å². The second-order valence-corrected chi connectivity index (χ2v) is 14.5. The van der Waals surface area contributed by atoms with Gasteiger partial charge < -0.3 is 8.85 Å². The van der Waals surface area contributed by atoms with Crippen molar-refractivity contribution in [1.29, 1.82) is 0 Å². The standard InChI is InChI=1S/C10H26O2SSi2/c1-7-11-15(6,9-8-13)12-10(2)14(3,4)5/h10,13H,7-9H2,1-6H3. The van der Waals surface area contributed by atoms with Gasteiger partial charge in [0.15, 0.2) is 0 Å². The average molecular weight is 267 g/mol. The number of hydrogen-bond acceptors (Lipinski definition) is 3. The second-order valence-electron chi connectivity index (χ2n) is 5.17. The lowest BCUT2D eigenvalue weighted by Gasteiger charge is -2.35. The minimum Gasteiger partial charge on any atom is -0.395 e. The summed E-state index contributed by atoms with van der Waals surface area (Å²) in [6, 6.07) is 0.971. The zero-order chi connectivity index (χ0) is 12.1. The predicted octanol–water partition coefficient (Wildman–Crippen LogP) is 3.31. The maximum Gasteiger partial charge on any atom is 0.335 e. The van der Waals surface area contributed by atoms with E-state index in [1.165, 1.54) is 0 Å². The Morgan fingerprint density at radius 3 is 2.07 bits per heavy atom. The van der Waals surface area contributed by atoms with Crippen molar-refractivity contribution in [2.24, 2.45) is 0 Å². The van der Waals surface area contributed by atoms with E-state index in [1.54, 1.807) is 0 Å². The minimum atomic E-state index is -1.96. The van der Waals surface area contributed by atoms with E-state index < -0.39 is 16.6 Å². The second kappa shape index (κ2) is 6.44. The molecule has 0 spiro atoms. The molecule has 0 aromatic rings. The van der Waals surface area contributed by atoms with Gasteiger partial charge in [-0.2, -0.15) is 12.6 Å². The Balaban J connectivity index is 4.40. The topological polar surface area (TPSA) is 18.5 Å². The number of hydrogen-bond donors (Lipinski definition) is 1. The molecular weight excluding hydrogens is 240 g/mol. The van der Waals surface area contributed by atoms with Gasteiger partial charge in [-0.25, -0.2) is 0 Å². The molecule has 0 aliphatic carbocycles. The fraction of sp³-hybridized carbons (Fsp3) is 1.00. The number of thiol groups is 1. The smallest absolute Gasteiger partial charge is 0.335 e. The summed E-state index contributed by atoms with van der Waals surface area (Å²) in [5, 5.41) is 0. The third-order valence-electron chi connectivity index (χ3n) is 2.66. The molecule has 2 atom stereocenters. The molecule has 0 amide bonds. The highest BCUT2D eigenvalue weighted by molar-refractivity contribution is 7.80. The molecule has 0 heterocycles. The molecule has 5 heteroatoms. The van der Waals surface area contributed by atoms with Crippen molar-refractivity contribution in [3.63, 3.8) is 0 Å². The van der Waals surface area contributed by atoms with E-state index in [0.29, 0.717) is 5.73 Å². The van der Waals surface area contributed by atoms with Gasteiger partial charge in [0, 0.05) is 12.3 Å². The first-order chi connectivity index (χ1) is 6.75. The molecule has 0 rings (SSSR count). The van der Waals surface area contributed by atoms with Crippen molar-refractivity contribution >= 4 is 29.3 Å². The lowest BCUT2D eigenvalue weighted by atomic mass is 10.9. The molecule has 0 aliphatic rings. The monoisotopic (exact) mass is 266 g/mol. The molecule has 0 fully saturated rings. The van der Waals surface area contributed by atoms with Crippen LogP contribution in [-0.2, 0) is 8.85 Å². The first-order valence-corrected chi connectivity index (χ1v) is 12.4. The highest BCUT2D eigenvalue weighted by atomic mass is 32.1. The summed E-state index contributed by atoms with van der Waals surface area (Å²) in [5.41, 5.74) is 0.362. The SMILES string of the molecule is CCO[Si](C)(CCS)OC(C)[Si](C)(C)C. The maximum atomic E-state index is 6.21. The quantitative estimate of drug-likeness (QED) is 0.563. The first kappa shape index (κ1) is 15.7. The van der Waals surface area contributed by atoms with E-state index in [2.05, 4.69) is 45.7 Å². The molecule has 0 saturated heterocycles. The average Bonchev–Trinajstić information content (AvgIpc) is 2.02. The van der Waals surface area contributed by atoms with Crippen LogP contribution in [0.25, 0.3) is 0 Å². The van der Waals surface area contributed by atoms with Gasteiger partial charge in [0.05, 0.1) is 8.07 Å². The van der Waals surface area contributed by atoms with Gasteiger partial charge in [0.2, 0.25) is 0 Å². The van der Waals surface area contributed by atoms with Crippen molar-refractivity contribution in [2.75, 3.05) is 12.4 Å². The van der Waals surface area contributed by atoms with Crippen LogP contribution in [0.5, 0.6) is 0 Å². The van der Waals surface area contributed by atoms with E-state index in [4.69, 9.17) is 8.85 Å². The Bertz CT molecular complexity index is 177. The Hall–Kier alpha value is 0.704. The van der Waals surface area contributed by atoms with Crippen molar-refractivity contribution in [3.05, 3.63) is 0 Å². The van der Waals surface area contributed by atoms with E-state index in [0.717, 1.165) is 18.4 Å². The molecule has 2 nitrogen and oxygen atoms in total. The summed E-state index contributed by atoms with van der Waals surface area (Å²) < 4.78 is 12.0. The lowest BCUT2D eigenvalue weighted by molar-refractivity contribution is 0.167. The number of rotatable bonds is 7. The van der Waals surface area contributed by atoms with Gasteiger partial charge in [-0.3, -0.25) is 0 Å². The summed E-state index contributed by atoms with van der Waals surface area (Å²) in [4.78, 5) is 0. The van der Waals surface area contributed by atoms with Crippen LogP contribution in [0.1, 0.15) is 13.8 Å². The summed E-state index contributed by atoms with van der Waals surface area (Å²) in [6.07, 6.45) is 0. The third kappa shape index (κ3) is 6.11. The summed E-state index contributed by atoms with van der Waals surface area (Å²) in [6.45, 7) is 14.1. The van der Waals surface area contributed by atoms with Crippen LogP contribution in [0.3, 0.4) is 0 Å². The largest absolute Gasteiger partial charge is 0.395 e. The van der Waals surface area contributed by atoms with Crippen molar-refractivity contribution in [3.8, 4) is 0 Å². The Morgan fingerprint density at radius 2 is 1.73 bits per heavy atom. The summed E-state index contributed by atoms with van der Waals surface area (Å²) in [7, 11) is -3.18. The Morgan fingerprint density at radius 1 is 1.20 bits per heavy atom. The van der Waals surface area contributed by atoms with Crippen LogP contribution >= 0.6 is 12.6 Å². The van der Waals surface area contributed by atoms with Gasteiger partial charge in [-0.1, -0.05) is 19.6 Å². The molecule has 0 radical (unpaired) electrons. The van der Waals surface area contributed by atoms with Crippen molar-refractivity contribution < 1.29 is 8.85 Å². The van der Waals surface area contributed by atoms with Crippen LogP contribution in [-0.4, -0.2) is 34.7 Å². The molecule has 15 heavy (non-hydrogen) atoms. The molecule has 0 N–H and O–H groups in total. The zero-order valence-corrected chi connectivity index (χ0v) is 13.9. The molecule has 0 aliphatic heterocycles. The van der Waals surface area contributed by atoms with Gasteiger partial charge >= 0.3 is 8.56 Å². The molecule has 0 saturated carbocycles. The highest BCUT2D eigenvalue weighted by Crippen LogP contribution is 2.21. The van der Waals surface area contributed by atoms with Crippen LogP contribution in [0, 0.1) is 0 Å². The zero-order valence-electron chi connectivity index (χ0n) is 11.0. The Kier molecular flexibility index (Phi) is 6.74. The molecule has 0 bridgehead atoms. The fourth-order valence-corrected chi connectivity index (χ4v) is 6.70. The predicted molar refractivity (Wildman–Crippen MR) is 75.8 cm³/mol. The normalized spacial score (nSPS) is 18.6. The van der Waals surface area contributed by atoms with E-state index in [1.807, 2.05) is 6.92 Å². The molecule has 0 aromatic heterocycles. The van der Waals surface area contributed by atoms with E-state index >= 15 is 0 Å². The molecule has 92 valence electrons. The first-order valence-electron chi connectivity index (χ1n) is 5.68. The van der Waals surface area contributed by atoms with E-state index in [9.17, 15) is 0 Å². The maximum absolute atomic E-state index is 6.21. The van der Waals surface area contributed by atoms with Crippen LogP contribution in [0.15, 0.2) is 0 Å². The Labute approximate surface area is 102 Å². The van der Waals surface area contributed by atoms with Crippen molar-refractivity contribution in [2.45, 2.75) is 51.8 Å². The molecule has 2 unspecified atom stereocenters. The van der Waals surface area contributed by atoms with Gasteiger partial charge in [-0.05, 0) is 32.2 Å². The molecule has 0 aromatic carbocycles.